The van der Waals surface area contributed by atoms with Crippen LogP contribution in [-0.4, -0.2) is 38.3 Å². The van der Waals surface area contributed by atoms with E-state index in [2.05, 4.69) is 15.0 Å². The maximum Gasteiger partial charge on any atom is 0.354 e. The lowest BCUT2D eigenvalue weighted by Crippen LogP contribution is -2.16. The monoisotopic (exact) mass is 378 g/mol. The zero-order chi connectivity index (χ0) is 19.3. The van der Waals surface area contributed by atoms with Crippen LogP contribution in [0, 0.1) is 6.92 Å². The van der Waals surface area contributed by atoms with Crippen molar-refractivity contribution < 1.29 is 23.8 Å². The van der Waals surface area contributed by atoms with E-state index in [-0.39, 0.29) is 5.70 Å². The third-order valence-corrected chi connectivity index (χ3v) is 3.84. The zero-order valence-electron chi connectivity index (χ0n) is 14.9. The Morgan fingerprint density at radius 2 is 1.92 bits per heavy atom. The third kappa shape index (κ3) is 4.50. The predicted molar refractivity (Wildman–Crippen MR) is 97.9 cm³/mol. The molecule has 0 atom stereocenters. The fourth-order valence-corrected chi connectivity index (χ4v) is 2.63. The van der Waals surface area contributed by atoms with Crippen molar-refractivity contribution in [2.45, 2.75) is 13.5 Å². The fraction of sp³-hybridized carbons (Fsp3) is 0.278. The predicted octanol–water partition coefficient (Wildman–Crippen LogP) is 2.98. The number of ether oxygens (including phenoxy) is 3. The van der Waals surface area contributed by atoms with Gasteiger partial charge in [0.1, 0.15) is 10.9 Å². The fourth-order valence-electron chi connectivity index (χ4n) is 2.40. The lowest BCUT2D eigenvalue weighted by molar-refractivity contribution is -0.138. The second kappa shape index (κ2) is 8.64. The number of carbonyl (C=O) groups is 2. The van der Waals surface area contributed by atoms with Crippen molar-refractivity contribution in [3.8, 4) is 0 Å². The molecular formula is C18H19ClN2O5. The van der Waals surface area contributed by atoms with E-state index in [0.717, 1.165) is 22.6 Å². The van der Waals surface area contributed by atoms with Crippen molar-refractivity contribution >= 4 is 40.1 Å². The Kier molecular flexibility index (Phi) is 6.54. The van der Waals surface area contributed by atoms with Crippen molar-refractivity contribution in [1.82, 2.24) is 4.98 Å². The van der Waals surface area contributed by atoms with Crippen molar-refractivity contribution in [3.63, 3.8) is 0 Å². The molecule has 1 heterocycles. The molecule has 0 unspecified atom stereocenters. The summed E-state index contributed by atoms with van der Waals surface area (Å²) < 4.78 is 14.5. The largest absolute Gasteiger partial charge is 0.466 e. The van der Waals surface area contributed by atoms with Gasteiger partial charge < -0.3 is 19.5 Å². The van der Waals surface area contributed by atoms with Crippen LogP contribution in [0.1, 0.15) is 11.1 Å². The summed E-state index contributed by atoms with van der Waals surface area (Å²) in [6.07, 6.45) is 1.03. The SMILES string of the molecule is COCc1cc(Cl)nc2cc(N/C(=C/C(=O)OC)C(=O)OC)c(C)cc12. The van der Waals surface area contributed by atoms with Crippen LogP contribution in [0.2, 0.25) is 5.15 Å². The third-order valence-electron chi connectivity index (χ3n) is 3.65. The Balaban J connectivity index is 2.52. The van der Waals surface area contributed by atoms with Gasteiger partial charge in [0.25, 0.3) is 0 Å². The first-order valence-electron chi connectivity index (χ1n) is 7.63. The number of aryl methyl sites for hydroxylation is 1. The van der Waals surface area contributed by atoms with E-state index < -0.39 is 11.9 Å². The second-order valence-electron chi connectivity index (χ2n) is 5.42. The van der Waals surface area contributed by atoms with Gasteiger partial charge in [-0.2, -0.15) is 0 Å². The molecule has 0 aliphatic rings. The Morgan fingerprint density at radius 1 is 1.19 bits per heavy atom. The van der Waals surface area contributed by atoms with Crippen LogP contribution in [-0.2, 0) is 30.4 Å². The Bertz CT molecular complexity index is 880. The smallest absolute Gasteiger partial charge is 0.354 e. The summed E-state index contributed by atoms with van der Waals surface area (Å²) in [5, 5.41) is 4.11. The van der Waals surface area contributed by atoms with E-state index in [1.54, 1.807) is 19.2 Å². The molecule has 0 saturated heterocycles. The summed E-state index contributed by atoms with van der Waals surface area (Å²) in [5.74, 6) is -1.38. The zero-order valence-corrected chi connectivity index (χ0v) is 15.6. The highest BCUT2D eigenvalue weighted by Gasteiger charge is 2.15. The van der Waals surface area contributed by atoms with Crippen LogP contribution in [0.3, 0.4) is 0 Å². The molecule has 2 rings (SSSR count). The molecule has 0 spiro atoms. The van der Waals surface area contributed by atoms with E-state index in [0.29, 0.717) is 23.0 Å². The molecule has 0 saturated carbocycles. The van der Waals surface area contributed by atoms with E-state index >= 15 is 0 Å². The minimum atomic E-state index is -0.700. The number of rotatable bonds is 6. The Labute approximate surface area is 155 Å². The molecule has 138 valence electrons. The first kappa shape index (κ1) is 19.7. The minimum Gasteiger partial charge on any atom is -0.466 e. The van der Waals surface area contributed by atoms with Crippen molar-refractivity contribution in [1.29, 1.82) is 0 Å². The molecule has 7 nitrogen and oxygen atoms in total. The molecule has 1 aromatic carbocycles. The van der Waals surface area contributed by atoms with Crippen molar-refractivity contribution in [2.75, 3.05) is 26.6 Å². The number of methoxy groups -OCH3 is 3. The summed E-state index contributed by atoms with van der Waals surface area (Å²) in [6.45, 7) is 2.25. The molecule has 0 radical (unpaired) electrons. The van der Waals surface area contributed by atoms with Gasteiger partial charge in [0, 0.05) is 18.2 Å². The highest BCUT2D eigenvalue weighted by atomic mass is 35.5. The van der Waals surface area contributed by atoms with Gasteiger partial charge in [-0.3, -0.25) is 0 Å². The quantitative estimate of drug-likeness (QED) is 0.469. The van der Waals surface area contributed by atoms with E-state index in [1.807, 2.05) is 13.0 Å². The van der Waals surface area contributed by atoms with Crippen LogP contribution in [0.4, 0.5) is 5.69 Å². The number of hydrogen-bond acceptors (Lipinski definition) is 7. The maximum absolute atomic E-state index is 11.9. The Morgan fingerprint density at radius 3 is 2.54 bits per heavy atom. The van der Waals surface area contributed by atoms with Gasteiger partial charge in [-0.05, 0) is 36.2 Å². The summed E-state index contributed by atoms with van der Waals surface area (Å²) in [7, 11) is 4.04. The highest BCUT2D eigenvalue weighted by molar-refractivity contribution is 6.30. The molecule has 0 bridgehead atoms. The van der Waals surface area contributed by atoms with Crippen LogP contribution in [0.15, 0.2) is 30.0 Å². The number of nitrogens with one attached hydrogen (secondary N) is 1. The highest BCUT2D eigenvalue weighted by Crippen LogP contribution is 2.28. The normalized spacial score (nSPS) is 11.3. The number of anilines is 1. The molecule has 0 amide bonds. The van der Waals surface area contributed by atoms with Gasteiger partial charge in [-0.25, -0.2) is 14.6 Å². The van der Waals surface area contributed by atoms with Crippen LogP contribution >= 0.6 is 11.6 Å². The molecule has 1 aromatic heterocycles. The summed E-state index contributed by atoms with van der Waals surface area (Å²) in [5.41, 5.74) is 2.88. The minimum absolute atomic E-state index is 0.0547. The lowest BCUT2D eigenvalue weighted by Gasteiger charge is -2.14. The van der Waals surface area contributed by atoms with Gasteiger partial charge in [0.2, 0.25) is 0 Å². The van der Waals surface area contributed by atoms with Crippen LogP contribution < -0.4 is 5.32 Å². The van der Waals surface area contributed by atoms with Gasteiger partial charge in [0.15, 0.2) is 0 Å². The molecule has 0 fully saturated rings. The maximum atomic E-state index is 11.9. The van der Waals surface area contributed by atoms with Crippen molar-refractivity contribution in [3.05, 3.63) is 46.3 Å². The average Bonchev–Trinajstić information content (AvgIpc) is 2.61. The molecule has 26 heavy (non-hydrogen) atoms. The lowest BCUT2D eigenvalue weighted by atomic mass is 10.0. The standard InChI is InChI=1S/C18H19ClN2O5/c1-10-5-12-11(9-24-2)6-16(19)21-14(12)7-13(10)20-15(18(23)26-4)8-17(22)25-3/h5-8,20H,9H2,1-4H3/b15-8+. The summed E-state index contributed by atoms with van der Waals surface area (Å²) >= 11 is 6.08. The first-order valence-corrected chi connectivity index (χ1v) is 8.01. The molecule has 1 N–H and O–H groups in total. The van der Waals surface area contributed by atoms with Gasteiger partial charge in [-0.15, -0.1) is 0 Å². The van der Waals surface area contributed by atoms with Gasteiger partial charge in [0.05, 0.1) is 32.4 Å². The summed E-state index contributed by atoms with van der Waals surface area (Å²) in [4.78, 5) is 27.7. The number of benzene rings is 1. The number of aromatic nitrogens is 1. The number of nitrogens with zero attached hydrogens (tertiary/aromatic N) is 1. The van der Waals surface area contributed by atoms with Gasteiger partial charge >= 0.3 is 11.9 Å². The number of esters is 2. The molecule has 0 aliphatic heterocycles. The van der Waals surface area contributed by atoms with E-state index in [1.165, 1.54) is 14.2 Å². The first-order chi connectivity index (χ1) is 12.4. The topological polar surface area (TPSA) is 86.8 Å². The number of fused-ring (bicyclic) bond motifs is 1. The number of hydrogen-bond donors (Lipinski definition) is 1. The number of pyridine rings is 1. The summed E-state index contributed by atoms with van der Waals surface area (Å²) in [6, 6.07) is 5.39. The number of carbonyl (C=O) groups excluding carboxylic acids is 2. The van der Waals surface area contributed by atoms with E-state index in [9.17, 15) is 9.59 Å². The van der Waals surface area contributed by atoms with Crippen LogP contribution in [0.25, 0.3) is 10.9 Å². The van der Waals surface area contributed by atoms with Crippen molar-refractivity contribution in [2.24, 2.45) is 0 Å². The Hall–Kier alpha value is -2.64. The van der Waals surface area contributed by atoms with E-state index in [4.69, 9.17) is 21.1 Å². The molecule has 8 heteroatoms. The molecular weight excluding hydrogens is 360 g/mol. The second-order valence-corrected chi connectivity index (χ2v) is 5.81. The van der Waals surface area contributed by atoms with Gasteiger partial charge in [-0.1, -0.05) is 11.6 Å². The molecule has 0 aliphatic carbocycles. The molecule has 2 aromatic rings. The van der Waals surface area contributed by atoms with Crippen LogP contribution in [0.5, 0.6) is 0 Å². The number of halogens is 1. The average molecular weight is 379 g/mol.